The molecule has 0 bridgehead atoms. The zero-order valence-corrected chi connectivity index (χ0v) is 11.3. The number of fused-ring (bicyclic) bond motifs is 1. The topological polar surface area (TPSA) is 38.0 Å². The number of aromatic hydroxyl groups is 1. The Morgan fingerprint density at radius 2 is 1.89 bits per heavy atom. The number of aryl methyl sites for hydroxylation is 1. The highest BCUT2D eigenvalue weighted by Gasteiger charge is 2.14. The number of benzene rings is 2. The first-order valence-electron chi connectivity index (χ1n) is 5.58. The Bertz CT molecular complexity index is 734. The van der Waals surface area contributed by atoms with E-state index >= 15 is 0 Å². The lowest BCUT2D eigenvalue weighted by atomic mass is 10.2. The van der Waals surface area contributed by atoms with E-state index in [1.807, 2.05) is 54.1 Å². The van der Waals surface area contributed by atoms with Crippen molar-refractivity contribution >= 4 is 27.0 Å². The summed E-state index contributed by atoms with van der Waals surface area (Å²) in [5, 5.41) is 10.1. The summed E-state index contributed by atoms with van der Waals surface area (Å²) in [6, 6.07) is 13.5. The maximum absolute atomic E-state index is 10.1. The van der Waals surface area contributed by atoms with E-state index < -0.39 is 0 Å². The van der Waals surface area contributed by atoms with Gasteiger partial charge in [-0.15, -0.1) is 0 Å². The molecular weight excluding hydrogens is 292 g/mol. The molecule has 3 aromatic rings. The zero-order chi connectivity index (χ0) is 12.7. The molecule has 0 amide bonds. The highest BCUT2D eigenvalue weighted by atomic mass is 79.9. The Kier molecular flexibility index (Phi) is 2.59. The van der Waals surface area contributed by atoms with Crippen molar-refractivity contribution < 1.29 is 5.11 Å². The van der Waals surface area contributed by atoms with Crippen molar-refractivity contribution in [1.29, 1.82) is 0 Å². The van der Waals surface area contributed by atoms with Gasteiger partial charge in [0, 0.05) is 7.05 Å². The van der Waals surface area contributed by atoms with Crippen LogP contribution in [0.1, 0.15) is 0 Å². The maximum atomic E-state index is 10.1. The molecule has 2 aromatic carbocycles. The molecule has 3 nitrogen and oxygen atoms in total. The minimum atomic E-state index is 0.218. The van der Waals surface area contributed by atoms with Crippen LogP contribution < -0.4 is 0 Å². The van der Waals surface area contributed by atoms with Gasteiger partial charge in [-0.05, 0) is 40.2 Å². The van der Waals surface area contributed by atoms with E-state index in [0.29, 0.717) is 4.47 Å². The van der Waals surface area contributed by atoms with Crippen LogP contribution >= 0.6 is 15.9 Å². The van der Waals surface area contributed by atoms with E-state index in [4.69, 9.17) is 0 Å². The number of rotatable bonds is 1. The highest BCUT2D eigenvalue weighted by Crippen LogP contribution is 2.35. The van der Waals surface area contributed by atoms with E-state index in [1.165, 1.54) is 0 Å². The quantitative estimate of drug-likeness (QED) is 0.744. The Labute approximate surface area is 113 Å². The Morgan fingerprint density at radius 3 is 2.67 bits per heavy atom. The summed E-state index contributed by atoms with van der Waals surface area (Å²) in [6.45, 7) is 0. The van der Waals surface area contributed by atoms with Gasteiger partial charge in [-0.1, -0.05) is 18.2 Å². The molecule has 18 heavy (non-hydrogen) atoms. The lowest BCUT2D eigenvalue weighted by molar-refractivity contribution is 0.473. The fourth-order valence-electron chi connectivity index (χ4n) is 2.08. The maximum Gasteiger partial charge on any atom is 0.144 e. The summed E-state index contributed by atoms with van der Waals surface area (Å²) in [7, 11) is 1.95. The molecule has 1 N–H and O–H groups in total. The largest absolute Gasteiger partial charge is 0.506 e. The molecule has 0 saturated heterocycles. The molecule has 1 heterocycles. The second kappa shape index (κ2) is 4.14. The molecule has 0 aliphatic heterocycles. The third kappa shape index (κ3) is 1.61. The fraction of sp³-hybridized carbons (Fsp3) is 0.0714. The Morgan fingerprint density at radius 1 is 1.11 bits per heavy atom. The van der Waals surface area contributed by atoms with Crippen molar-refractivity contribution in [1.82, 2.24) is 9.55 Å². The van der Waals surface area contributed by atoms with Crippen molar-refractivity contribution in [3.8, 4) is 17.1 Å². The summed E-state index contributed by atoms with van der Waals surface area (Å²) in [5.74, 6) is 0.978. The normalized spacial score (nSPS) is 11.0. The number of halogens is 1. The Balaban J connectivity index is 2.32. The van der Waals surface area contributed by atoms with Crippen LogP contribution in [0.15, 0.2) is 46.9 Å². The summed E-state index contributed by atoms with van der Waals surface area (Å²) < 4.78 is 2.66. The van der Waals surface area contributed by atoms with Gasteiger partial charge in [0.1, 0.15) is 11.6 Å². The van der Waals surface area contributed by atoms with Crippen LogP contribution in [-0.4, -0.2) is 14.7 Å². The molecule has 0 radical (unpaired) electrons. The van der Waals surface area contributed by atoms with Gasteiger partial charge >= 0.3 is 0 Å². The molecule has 1 aromatic heterocycles. The molecule has 0 aliphatic carbocycles. The van der Waals surface area contributed by atoms with Gasteiger partial charge in [0.25, 0.3) is 0 Å². The number of para-hydroxylation sites is 3. The van der Waals surface area contributed by atoms with Crippen LogP contribution in [0.3, 0.4) is 0 Å². The standard InChI is InChI=1S/C14H11BrN2O/c1-17-12-8-3-2-7-11(12)16-14(17)9-5-4-6-10(15)13(9)18/h2-8,18H,1H3. The molecule has 4 heteroatoms. The molecule has 0 aliphatic rings. The summed E-state index contributed by atoms with van der Waals surface area (Å²) in [6.07, 6.45) is 0. The van der Waals surface area contributed by atoms with Crippen molar-refractivity contribution in [2.75, 3.05) is 0 Å². The van der Waals surface area contributed by atoms with Crippen molar-refractivity contribution in [2.45, 2.75) is 0 Å². The molecule has 0 unspecified atom stereocenters. The van der Waals surface area contributed by atoms with Crippen molar-refractivity contribution in [3.63, 3.8) is 0 Å². The van der Waals surface area contributed by atoms with Gasteiger partial charge in [-0.2, -0.15) is 0 Å². The van der Waals surface area contributed by atoms with Crippen LogP contribution in [0.25, 0.3) is 22.4 Å². The first-order chi connectivity index (χ1) is 8.68. The third-order valence-electron chi connectivity index (χ3n) is 3.01. The molecule has 0 fully saturated rings. The molecule has 0 spiro atoms. The second-order valence-electron chi connectivity index (χ2n) is 4.12. The molecule has 3 rings (SSSR count). The lowest BCUT2D eigenvalue weighted by Crippen LogP contribution is -1.92. The van der Waals surface area contributed by atoms with Gasteiger partial charge < -0.3 is 9.67 Å². The highest BCUT2D eigenvalue weighted by molar-refractivity contribution is 9.10. The van der Waals surface area contributed by atoms with Crippen LogP contribution in [-0.2, 0) is 7.05 Å². The number of nitrogens with zero attached hydrogens (tertiary/aromatic N) is 2. The summed E-state index contributed by atoms with van der Waals surface area (Å²) in [5.41, 5.74) is 2.70. The number of phenols is 1. The SMILES string of the molecule is Cn1c(-c2cccc(Br)c2O)nc2ccccc21. The fourth-order valence-corrected chi connectivity index (χ4v) is 2.45. The van der Waals surface area contributed by atoms with Crippen LogP contribution in [0.5, 0.6) is 5.75 Å². The average Bonchev–Trinajstić information content (AvgIpc) is 2.71. The molecule has 0 atom stereocenters. The van der Waals surface area contributed by atoms with Crippen LogP contribution in [0.2, 0.25) is 0 Å². The van der Waals surface area contributed by atoms with E-state index in [9.17, 15) is 5.11 Å². The second-order valence-corrected chi connectivity index (χ2v) is 4.97. The van der Waals surface area contributed by atoms with Crippen molar-refractivity contribution in [3.05, 3.63) is 46.9 Å². The van der Waals surface area contributed by atoms with Gasteiger partial charge in [-0.25, -0.2) is 4.98 Å². The first-order valence-corrected chi connectivity index (χ1v) is 6.37. The van der Waals surface area contributed by atoms with E-state index in [2.05, 4.69) is 20.9 Å². The van der Waals surface area contributed by atoms with Gasteiger partial charge in [0.15, 0.2) is 0 Å². The van der Waals surface area contributed by atoms with Gasteiger partial charge in [0.2, 0.25) is 0 Å². The minimum Gasteiger partial charge on any atom is -0.506 e. The minimum absolute atomic E-state index is 0.218. The molecule has 90 valence electrons. The summed E-state index contributed by atoms with van der Waals surface area (Å²) in [4.78, 5) is 4.57. The number of aromatic nitrogens is 2. The first kappa shape index (κ1) is 11.3. The molecular formula is C14H11BrN2O. The van der Waals surface area contributed by atoms with Gasteiger partial charge in [-0.3, -0.25) is 0 Å². The van der Waals surface area contributed by atoms with Crippen LogP contribution in [0.4, 0.5) is 0 Å². The number of phenolic OH excluding ortho intramolecular Hbond substituents is 1. The summed E-state index contributed by atoms with van der Waals surface area (Å²) >= 11 is 3.32. The van der Waals surface area contributed by atoms with E-state index in [-0.39, 0.29) is 5.75 Å². The monoisotopic (exact) mass is 302 g/mol. The van der Waals surface area contributed by atoms with Crippen molar-refractivity contribution in [2.24, 2.45) is 7.05 Å². The smallest absolute Gasteiger partial charge is 0.144 e. The number of imidazole rings is 1. The average molecular weight is 303 g/mol. The van der Waals surface area contributed by atoms with Crippen LogP contribution in [0, 0.1) is 0 Å². The van der Waals surface area contributed by atoms with E-state index in [1.54, 1.807) is 0 Å². The predicted octanol–water partition coefficient (Wildman–Crippen LogP) is 3.71. The predicted molar refractivity (Wildman–Crippen MR) is 75.5 cm³/mol. The molecule has 0 saturated carbocycles. The number of hydrogen-bond acceptors (Lipinski definition) is 2. The number of hydrogen-bond donors (Lipinski definition) is 1. The zero-order valence-electron chi connectivity index (χ0n) is 9.76. The van der Waals surface area contributed by atoms with E-state index in [0.717, 1.165) is 22.4 Å². The third-order valence-corrected chi connectivity index (χ3v) is 3.65. The van der Waals surface area contributed by atoms with Gasteiger partial charge in [0.05, 0.1) is 21.1 Å². The lowest BCUT2D eigenvalue weighted by Gasteiger charge is -2.06. The Hall–Kier alpha value is -1.81.